The molecule has 3 rings (SSSR count). The highest BCUT2D eigenvalue weighted by molar-refractivity contribution is 7.92. The van der Waals surface area contributed by atoms with Crippen LogP contribution in [0.5, 0.6) is 5.75 Å². The largest absolute Gasteiger partial charge is 0.487 e. The molecule has 0 aliphatic carbocycles. The fraction of sp³-hybridized carbons (Fsp3) is 0.458. The van der Waals surface area contributed by atoms with Gasteiger partial charge in [-0.05, 0) is 37.5 Å². The van der Waals surface area contributed by atoms with Crippen LogP contribution in [0, 0.1) is 5.82 Å². The normalized spacial score (nSPS) is 18.2. The molecule has 1 amide bonds. The van der Waals surface area contributed by atoms with Gasteiger partial charge >= 0.3 is 0 Å². The van der Waals surface area contributed by atoms with Gasteiger partial charge in [0.05, 0.1) is 18.0 Å². The summed E-state index contributed by atoms with van der Waals surface area (Å²) in [5.41, 5.74) is 0.293. The van der Waals surface area contributed by atoms with Gasteiger partial charge in [0, 0.05) is 12.0 Å². The van der Waals surface area contributed by atoms with Crippen molar-refractivity contribution in [1.29, 1.82) is 0 Å². The quantitative estimate of drug-likeness (QED) is 0.624. The zero-order chi connectivity index (χ0) is 23.5. The van der Waals surface area contributed by atoms with Crippen LogP contribution in [0.25, 0.3) is 0 Å². The predicted octanol–water partition coefficient (Wildman–Crippen LogP) is 4.57. The lowest BCUT2D eigenvalue weighted by Crippen LogP contribution is -2.52. The minimum atomic E-state index is -3.92. The maximum absolute atomic E-state index is 14.5. The molecule has 0 saturated heterocycles. The lowest BCUT2D eigenvalue weighted by molar-refractivity contribution is -0.123. The summed E-state index contributed by atoms with van der Waals surface area (Å²) in [5, 5.41) is 3.04. The Balaban J connectivity index is 1.97. The van der Waals surface area contributed by atoms with Gasteiger partial charge in [-0.1, -0.05) is 51.1 Å². The molecule has 0 radical (unpaired) electrons. The SMILES string of the molecule is CCC(C(=O)NC1CC(CC)(CC)Oc2ccccc21)N(c1ccccc1F)S(C)(=O)=O. The summed E-state index contributed by atoms with van der Waals surface area (Å²) in [7, 11) is -3.92. The minimum Gasteiger partial charge on any atom is -0.487 e. The molecule has 0 aromatic heterocycles. The van der Waals surface area contributed by atoms with Crippen LogP contribution in [0.2, 0.25) is 0 Å². The van der Waals surface area contributed by atoms with E-state index in [1.807, 2.05) is 24.3 Å². The Hall–Kier alpha value is -2.61. The second-order valence-electron chi connectivity index (χ2n) is 8.23. The summed E-state index contributed by atoms with van der Waals surface area (Å²) in [6.07, 6.45) is 3.28. The molecule has 8 heteroatoms. The Kier molecular flexibility index (Phi) is 7.12. The Morgan fingerprint density at radius 1 is 1.16 bits per heavy atom. The van der Waals surface area contributed by atoms with Gasteiger partial charge in [0.2, 0.25) is 15.9 Å². The fourth-order valence-electron chi connectivity index (χ4n) is 4.36. The maximum atomic E-state index is 14.5. The third-order valence-electron chi connectivity index (χ3n) is 6.22. The first-order valence-electron chi connectivity index (χ1n) is 11.0. The Labute approximate surface area is 189 Å². The van der Waals surface area contributed by atoms with Crippen LogP contribution in [0.4, 0.5) is 10.1 Å². The van der Waals surface area contributed by atoms with Crippen LogP contribution < -0.4 is 14.4 Å². The number of hydrogen-bond acceptors (Lipinski definition) is 4. The van der Waals surface area contributed by atoms with Crippen LogP contribution in [-0.4, -0.2) is 32.2 Å². The number of benzene rings is 2. The molecule has 0 fully saturated rings. The number of para-hydroxylation sites is 2. The maximum Gasteiger partial charge on any atom is 0.244 e. The first-order valence-corrected chi connectivity index (χ1v) is 12.8. The van der Waals surface area contributed by atoms with Crippen LogP contribution in [0.1, 0.15) is 58.1 Å². The number of hydrogen-bond donors (Lipinski definition) is 1. The lowest BCUT2D eigenvalue weighted by atomic mass is 9.83. The lowest BCUT2D eigenvalue weighted by Gasteiger charge is -2.42. The first kappa shape index (κ1) is 24.0. The van der Waals surface area contributed by atoms with Crippen molar-refractivity contribution in [1.82, 2.24) is 5.32 Å². The van der Waals surface area contributed by atoms with E-state index in [0.717, 1.165) is 34.7 Å². The fourth-order valence-corrected chi connectivity index (χ4v) is 5.58. The molecule has 1 aliphatic rings. The number of carbonyl (C=O) groups excluding carboxylic acids is 1. The van der Waals surface area contributed by atoms with E-state index in [4.69, 9.17) is 4.74 Å². The highest BCUT2D eigenvalue weighted by atomic mass is 32.2. The van der Waals surface area contributed by atoms with E-state index >= 15 is 0 Å². The van der Waals surface area contributed by atoms with Gasteiger partial charge in [-0.3, -0.25) is 9.10 Å². The van der Waals surface area contributed by atoms with Gasteiger partial charge in [-0.25, -0.2) is 12.8 Å². The van der Waals surface area contributed by atoms with Crippen molar-refractivity contribution in [2.75, 3.05) is 10.6 Å². The summed E-state index contributed by atoms with van der Waals surface area (Å²) >= 11 is 0. The molecule has 2 atom stereocenters. The van der Waals surface area contributed by atoms with Crippen molar-refractivity contribution >= 4 is 21.6 Å². The molecule has 174 valence electrons. The molecule has 1 N–H and O–H groups in total. The highest BCUT2D eigenvalue weighted by Crippen LogP contribution is 2.42. The van der Waals surface area contributed by atoms with E-state index in [-0.39, 0.29) is 18.2 Å². The van der Waals surface area contributed by atoms with Gasteiger partial charge < -0.3 is 10.1 Å². The van der Waals surface area contributed by atoms with Crippen molar-refractivity contribution in [3.63, 3.8) is 0 Å². The Bertz CT molecular complexity index is 1070. The average Bonchev–Trinajstić information content (AvgIpc) is 2.77. The van der Waals surface area contributed by atoms with Crippen LogP contribution >= 0.6 is 0 Å². The predicted molar refractivity (Wildman–Crippen MR) is 124 cm³/mol. The standard InChI is InChI=1S/C24H31FN2O4S/c1-5-20(27(32(4,29)30)21-14-10-9-13-18(21)25)23(28)26-19-16-24(6-2,7-3)31-22-15-11-8-12-17(19)22/h8-15,19-20H,5-7,16H2,1-4H3,(H,26,28). The second kappa shape index (κ2) is 9.48. The molecule has 32 heavy (non-hydrogen) atoms. The van der Waals surface area contributed by atoms with E-state index in [2.05, 4.69) is 19.2 Å². The zero-order valence-corrected chi connectivity index (χ0v) is 19.8. The number of anilines is 1. The number of ether oxygens (including phenoxy) is 1. The monoisotopic (exact) mass is 462 g/mol. The zero-order valence-electron chi connectivity index (χ0n) is 19.0. The number of nitrogens with one attached hydrogen (secondary N) is 1. The molecule has 1 heterocycles. The van der Waals surface area contributed by atoms with E-state index in [1.54, 1.807) is 13.0 Å². The van der Waals surface area contributed by atoms with Gasteiger partial charge in [0.25, 0.3) is 0 Å². The number of carbonyl (C=O) groups is 1. The van der Waals surface area contributed by atoms with Crippen LogP contribution in [0.15, 0.2) is 48.5 Å². The number of rotatable bonds is 8. The second-order valence-corrected chi connectivity index (χ2v) is 10.1. The third kappa shape index (κ3) is 4.75. The van der Waals surface area contributed by atoms with Crippen molar-refractivity contribution < 1.29 is 22.3 Å². The number of amides is 1. The first-order chi connectivity index (χ1) is 15.2. The molecule has 0 bridgehead atoms. The Morgan fingerprint density at radius 3 is 2.38 bits per heavy atom. The minimum absolute atomic E-state index is 0.138. The highest BCUT2D eigenvalue weighted by Gasteiger charge is 2.41. The van der Waals surface area contributed by atoms with Crippen LogP contribution in [0.3, 0.4) is 0 Å². The Morgan fingerprint density at radius 2 is 1.78 bits per heavy atom. The summed E-state index contributed by atoms with van der Waals surface area (Å²) in [6.45, 7) is 5.81. The summed E-state index contributed by atoms with van der Waals surface area (Å²) in [6, 6.07) is 11.7. The molecule has 0 spiro atoms. The average molecular weight is 463 g/mol. The number of nitrogens with zero attached hydrogens (tertiary/aromatic N) is 1. The molecule has 2 aromatic rings. The molecule has 2 aromatic carbocycles. The van der Waals surface area contributed by atoms with E-state index in [1.165, 1.54) is 18.2 Å². The van der Waals surface area contributed by atoms with Gasteiger partial charge in [-0.2, -0.15) is 0 Å². The van der Waals surface area contributed by atoms with Gasteiger partial charge in [-0.15, -0.1) is 0 Å². The van der Waals surface area contributed by atoms with Gasteiger partial charge in [0.1, 0.15) is 23.2 Å². The molecular formula is C24H31FN2O4S. The van der Waals surface area contributed by atoms with Crippen molar-refractivity contribution in [3.8, 4) is 5.75 Å². The summed E-state index contributed by atoms with van der Waals surface area (Å²) in [4.78, 5) is 13.4. The smallest absolute Gasteiger partial charge is 0.244 e. The van der Waals surface area contributed by atoms with E-state index < -0.39 is 33.4 Å². The van der Waals surface area contributed by atoms with E-state index in [0.29, 0.717) is 6.42 Å². The summed E-state index contributed by atoms with van der Waals surface area (Å²) < 4.78 is 47.0. The van der Waals surface area contributed by atoms with Crippen LogP contribution in [-0.2, 0) is 14.8 Å². The molecular weight excluding hydrogens is 431 g/mol. The van der Waals surface area contributed by atoms with E-state index in [9.17, 15) is 17.6 Å². The molecule has 6 nitrogen and oxygen atoms in total. The number of sulfonamides is 1. The van der Waals surface area contributed by atoms with Gasteiger partial charge in [0.15, 0.2) is 0 Å². The van der Waals surface area contributed by atoms with Crippen molar-refractivity contribution in [2.24, 2.45) is 0 Å². The molecule has 1 aliphatic heterocycles. The topological polar surface area (TPSA) is 75.7 Å². The van der Waals surface area contributed by atoms with Crippen molar-refractivity contribution in [2.45, 2.75) is 64.1 Å². The molecule has 0 saturated carbocycles. The third-order valence-corrected chi connectivity index (χ3v) is 7.39. The molecule has 2 unspecified atom stereocenters. The number of fused-ring (bicyclic) bond motifs is 1. The number of halogens is 1. The van der Waals surface area contributed by atoms with Crippen molar-refractivity contribution in [3.05, 3.63) is 59.9 Å². The summed E-state index contributed by atoms with van der Waals surface area (Å²) in [5.74, 6) is -0.449.